The molecule has 3 aliphatic heterocycles. The quantitative estimate of drug-likeness (QED) is 0.787. The number of carbonyl (C=O) groups excluding carboxylic acids is 2. The second kappa shape index (κ2) is 8.00. The molecule has 0 unspecified atom stereocenters. The molecule has 0 aliphatic carbocycles. The molecule has 0 radical (unpaired) electrons. The zero-order valence-corrected chi connectivity index (χ0v) is 18.1. The van der Waals surface area contributed by atoms with Crippen LogP contribution in [0.2, 0.25) is 0 Å². The molecule has 3 aliphatic rings. The average Bonchev–Trinajstić information content (AvgIpc) is 2.97. The van der Waals surface area contributed by atoms with Crippen LogP contribution >= 0.6 is 0 Å². The van der Waals surface area contributed by atoms with Gasteiger partial charge in [-0.2, -0.15) is 0 Å². The van der Waals surface area contributed by atoms with Crippen LogP contribution in [0.15, 0.2) is 42.5 Å². The zero-order chi connectivity index (χ0) is 21.4. The van der Waals surface area contributed by atoms with Crippen molar-refractivity contribution in [1.29, 1.82) is 0 Å². The lowest BCUT2D eigenvalue weighted by molar-refractivity contribution is 0.0630. The first-order valence-corrected chi connectivity index (χ1v) is 11.4. The van der Waals surface area contributed by atoms with Gasteiger partial charge in [0, 0.05) is 56.1 Å². The van der Waals surface area contributed by atoms with E-state index in [0.29, 0.717) is 30.8 Å². The van der Waals surface area contributed by atoms with Crippen molar-refractivity contribution in [3.05, 3.63) is 64.7 Å². The Morgan fingerprint density at radius 3 is 2.61 bits per heavy atom. The molecule has 31 heavy (non-hydrogen) atoms. The van der Waals surface area contributed by atoms with Crippen LogP contribution in [0.5, 0.6) is 0 Å². The fourth-order valence-corrected chi connectivity index (χ4v) is 5.20. The maximum absolute atomic E-state index is 13.2. The van der Waals surface area contributed by atoms with E-state index in [1.165, 1.54) is 11.1 Å². The third kappa shape index (κ3) is 3.69. The molecule has 1 spiro atoms. The highest BCUT2D eigenvalue weighted by Gasteiger charge is 2.38. The van der Waals surface area contributed by atoms with Crippen molar-refractivity contribution in [1.82, 2.24) is 15.1 Å². The number of likely N-dealkylation sites (tertiary alicyclic amines) is 1. The Hall–Kier alpha value is -2.86. The third-order valence-electron chi connectivity index (χ3n) is 7.17. The lowest BCUT2D eigenvalue weighted by atomic mass is 9.78. The average molecular weight is 419 g/mol. The number of anilines is 1. The van der Waals surface area contributed by atoms with Gasteiger partial charge in [0.05, 0.1) is 5.56 Å². The summed E-state index contributed by atoms with van der Waals surface area (Å²) in [7, 11) is 0. The third-order valence-corrected chi connectivity index (χ3v) is 7.17. The highest BCUT2D eigenvalue weighted by Crippen LogP contribution is 2.32. The number of nitrogens with one attached hydrogen (secondary N) is 2. The van der Waals surface area contributed by atoms with Crippen molar-refractivity contribution >= 4 is 17.5 Å². The lowest BCUT2D eigenvalue weighted by Gasteiger charge is -2.45. The summed E-state index contributed by atoms with van der Waals surface area (Å²) in [6.07, 6.45) is 2.95. The fraction of sp³-hybridized carbons (Fsp3) is 0.440. The Kier molecular flexibility index (Phi) is 5.18. The molecule has 162 valence electrons. The van der Waals surface area contributed by atoms with Crippen molar-refractivity contribution in [3.8, 4) is 0 Å². The van der Waals surface area contributed by atoms with Crippen LogP contribution in [0.3, 0.4) is 0 Å². The van der Waals surface area contributed by atoms with Gasteiger partial charge < -0.3 is 20.4 Å². The van der Waals surface area contributed by atoms with Crippen LogP contribution < -0.4 is 10.6 Å². The van der Waals surface area contributed by atoms with Crippen molar-refractivity contribution in [2.75, 3.05) is 38.0 Å². The number of piperidine rings is 1. The molecule has 2 amide bonds. The zero-order valence-electron chi connectivity index (χ0n) is 18.1. The Balaban J connectivity index is 1.28. The summed E-state index contributed by atoms with van der Waals surface area (Å²) in [6.45, 7) is 6.46. The lowest BCUT2D eigenvalue weighted by Crippen LogP contribution is -2.57. The summed E-state index contributed by atoms with van der Waals surface area (Å²) in [5.74, 6) is 0.0878. The number of benzene rings is 2. The highest BCUT2D eigenvalue weighted by atomic mass is 16.2. The summed E-state index contributed by atoms with van der Waals surface area (Å²) in [5, 5.41) is 7.09. The molecule has 6 nitrogen and oxygen atoms in total. The van der Waals surface area contributed by atoms with Gasteiger partial charge in [-0.25, -0.2) is 0 Å². The van der Waals surface area contributed by atoms with Crippen LogP contribution in [0.4, 0.5) is 5.69 Å². The van der Waals surface area contributed by atoms with Crippen LogP contribution in [-0.4, -0.2) is 59.9 Å². The minimum atomic E-state index is 0.0325. The van der Waals surface area contributed by atoms with Crippen molar-refractivity contribution in [2.24, 2.45) is 0 Å². The summed E-state index contributed by atoms with van der Waals surface area (Å²) in [4.78, 5) is 29.7. The minimum Gasteiger partial charge on any atom is -0.383 e. The second-order valence-electron chi connectivity index (χ2n) is 8.94. The molecule has 1 saturated heterocycles. The molecule has 2 aromatic carbocycles. The van der Waals surface area contributed by atoms with E-state index >= 15 is 0 Å². The van der Waals surface area contributed by atoms with Gasteiger partial charge in [0.25, 0.3) is 11.8 Å². The molecular formula is C25H30N4O2. The van der Waals surface area contributed by atoms with E-state index in [0.717, 1.165) is 44.6 Å². The minimum absolute atomic E-state index is 0.0325. The molecule has 0 atom stereocenters. The van der Waals surface area contributed by atoms with Gasteiger partial charge in [-0.05, 0) is 55.5 Å². The van der Waals surface area contributed by atoms with E-state index in [1.54, 1.807) is 12.1 Å². The predicted octanol–water partition coefficient (Wildman–Crippen LogP) is 2.89. The molecule has 2 aromatic rings. The maximum Gasteiger partial charge on any atom is 0.256 e. The van der Waals surface area contributed by atoms with Crippen molar-refractivity contribution < 1.29 is 9.59 Å². The van der Waals surface area contributed by atoms with Crippen molar-refractivity contribution in [3.63, 3.8) is 0 Å². The van der Waals surface area contributed by atoms with Gasteiger partial charge in [0.2, 0.25) is 0 Å². The summed E-state index contributed by atoms with van der Waals surface area (Å²) >= 11 is 0. The fourth-order valence-electron chi connectivity index (χ4n) is 5.20. The number of carbonyl (C=O) groups is 2. The molecule has 0 aromatic heterocycles. The molecule has 6 heteroatoms. The number of amides is 2. The Morgan fingerprint density at radius 2 is 1.84 bits per heavy atom. The van der Waals surface area contributed by atoms with Gasteiger partial charge in [-0.15, -0.1) is 0 Å². The number of hydrogen-bond acceptors (Lipinski definition) is 4. The number of fused-ring (bicyclic) bond motifs is 2. The standard InChI is InChI=1S/C25H30N4O2/c1-2-28-14-11-26-22-15-18(7-8-21(22)24(28)31)23(30)29-12-9-25(10-13-29)16-19-5-3-4-6-20(19)17-27-25/h3-8,15,26-27H,2,9-14,16-17H2,1H3. The molecule has 0 saturated carbocycles. The molecule has 0 bridgehead atoms. The van der Waals surface area contributed by atoms with E-state index in [4.69, 9.17) is 0 Å². The number of hydrogen-bond donors (Lipinski definition) is 2. The largest absolute Gasteiger partial charge is 0.383 e. The van der Waals surface area contributed by atoms with E-state index in [-0.39, 0.29) is 17.4 Å². The summed E-state index contributed by atoms with van der Waals surface area (Å²) in [5.41, 5.74) is 4.99. The van der Waals surface area contributed by atoms with Crippen LogP contribution in [0.25, 0.3) is 0 Å². The van der Waals surface area contributed by atoms with Crippen LogP contribution in [0, 0.1) is 0 Å². The Bertz CT molecular complexity index is 1010. The summed E-state index contributed by atoms with van der Waals surface area (Å²) < 4.78 is 0. The number of likely N-dealkylation sites (N-methyl/N-ethyl adjacent to an activating group) is 1. The second-order valence-corrected chi connectivity index (χ2v) is 8.94. The topological polar surface area (TPSA) is 64.7 Å². The SMILES string of the molecule is CCN1CCNc2cc(C(=O)N3CCC4(CC3)Cc3ccccc3CN4)ccc2C1=O. The van der Waals surface area contributed by atoms with Gasteiger partial charge in [-0.1, -0.05) is 24.3 Å². The first kappa shape index (κ1) is 20.1. The molecule has 1 fully saturated rings. The monoisotopic (exact) mass is 418 g/mol. The molecule has 2 N–H and O–H groups in total. The van der Waals surface area contributed by atoms with E-state index in [9.17, 15) is 9.59 Å². The first-order valence-electron chi connectivity index (χ1n) is 11.4. The molecule has 5 rings (SSSR count). The number of rotatable bonds is 2. The van der Waals surface area contributed by atoms with Gasteiger partial charge in [-0.3, -0.25) is 9.59 Å². The van der Waals surface area contributed by atoms with Gasteiger partial charge in [0.15, 0.2) is 0 Å². The van der Waals surface area contributed by atoms with Crippen molar-refractivity contribution in [2.45, 2.75) is 38.3 Å². The smallest absolute Gasteiger partial charge is 0.256 e. The predicted molar refractivity (Wildman–Crippen MR) is 121 cm³/mol. The Morgan fingerprint density at radius 1 is 1.06 bits per heavy atom. The normalized spacial score (nSPS) is 20.0. The van der Waals surface area contributed by atoms with E-state index < -0.39 is 0 Å². The number of nitrogens with zero attached hydrogens (tertiary/aromatic N) is 2. The van der Waals surface area contributed by atoms with Gasteiger partial charge >= 0.3 is 0 Å². The summed E-state index contributed by atoms with van der Waals surface area (Å²) in [6, 6.07) is 14.1. The first-order chi connectivity index (χ1) is 15.1. The Labute approximate surface area is 183 Å². The van der Waals surface area contributed by atoms with E-state index in [1.807, 2.05) is 22.8 Å². The van der Waals surface area contributed by atoms with Gasteiger partial charge in [0.1, 0.15) is 0 Å². The molecular weight excluding hydrogens is 388 g/mol. The highest BCUT2D eigenvalue weighted by molar-refractivity contribution is 6.03. The van der Waals surface area contributed by atoms with E-state index in [2.05, 4.69) is 34.9 Å². The van der Waals surface area contributed by atoms with Crippen LogP contribution in [0.1, 0.15) is 51.6 Å². The molecule has 3 heterocycles. The maximum atomic E-state index is 13.2. The van der Waals surface area contributed by atoms with Crippen LogP contribution in [-0.2, 0) is 13.0 Å².